The summed E-state index contributed by atoms with van der Waals surface area (Å²) in [6.45, 7) is 3.86. The van der Waals surface area contributed by atoms with E-state index >= 15 is 0 Å². The molecule has 2 aromatic heterocycles. The van der Waals surface area contributed by atoms with Crippen LogP contribution in [0, 0.1) is 13.8 Å². The van der Waals surface area contributed by atoms with Crippen molar-refractivity contribution < 1.29 is 0 Å². The van der Waals surface area contributed by atoms with E-state index in [-0.39, 0.29) is 0 Å². The molecule has 4 nitrogen and oxygen atoms in total. The van der Waals surface area contributed by atoms with Crippen LogP contribution < -0.4 is 0 Å². The first-order valence-corrected chi connectivity index (χ1v) is 4.63. The van der Waals surface area contributed by atoms with E-state index in [1.165, 1.54) is 0 Å². The van der Waals surface area contributed by atoms with Gasteiger partial charge in [-0.3, -0.25) is 9.13 Å². The molecular formula is C9H10N4S. The zero-order valence-corrected chi connectivity index (χ0v) is 8.82. The molecule has 0 amide bonds. The number of imidazole rings is 2. The molecule has 0 fully saturated rings. The molecule has 2 rings (SSSR count). The van der Waals surface area contributed by atoms with Crippen molar-refractivity contribution in [3.63, 3.8) is 0 Å². The molecular weight excluding hydrogens is 196 g/mol. The summed E-state index contributed by atoms with van der Waals surface area (Å²) in [4.78, 5) is 8.22. The number of nitrogens with zero attached hydrogens (tertiary/aromatic N) is 4. The van der Waals surface area contributed by atoms with Crippen molar-refractivity contribution in [1.29, 1.82) is 0 Å². The van der Waals surface area contributed by atoms with Crippen LogP contribution in [0.1, 0.15) is 11.4 Å². The number of thiocarbonyl (C=S) groups is 1. The average Bonchev–Trinajstić information content (AvgIpc) is 2.73. The highest BCUT2D eigenvalue weighted by Crippen LogP contribution is 1.99. The molecule has 5 heteroatoms. The maximum absolute atomic E-state index is 5.26. The second-order valence-corrected chi connectivity index (χ2v) is 3.49. The number of aryl methyl sites for hydroxylation is 2. The lowest BCUT2D eigenvalue weighted by atomic mass is 10.5. The van der Waals surface area contributed by atoms with Gasteiger partial charge in [0.15, 0.2) is 5.11 Å². The molecule has 0 aromatic carbocycles. The number of rotatable bonds is 0. The van der Waals surface area contributed by atoms with Gasteiger partial charge in [-0.15, -0.1) is 0 Å². The number of aromatic nitrogens is 4. The van der Waals surface area contributed by atoms with Crippen molar-refractivity contribution in [2.75, 3.05) is 0 Å². The van der Waals surface area contributed by atoms with Crippen LogP contribution in [0.4, 0.5) is 0 Å². The molecule has 0 saturated carbocycles. The van der Waals surface area contributed by atoms with Crippen LogP contribution in [-0.4, -0.2) is 24.2 Å². The van der Waals surface area contributed by atoms with E-state index in [9.17, 15) is 0 Å². The second-order valence-electron chi connectivity index (χ2n) is 3.13. The lowest BCUT2D eigenvalue weighted by Crippen LogP contribution is -2.15. The Bertz CT molecular complexity index is 426. The van der Waals surface area contributed by atoms with Crippen molar-refractivity contribution in [2.45, 2.75) is 13.8 Å². The van der Waals surface area contributed by atoms with E-state index in [2.05, 4.69) is 9.97 Å². The Labute approximate surface area is 87.2 Å². The molecule has 0 bridgehead atoms. The quantitative estimate of drug-likeness (QED) is 0.611. The first kappa shape index (κ1) is 9.08. The minimum atomic E-state index is 0.659. The van der Waals surface area contributed by atoms with E-state index in [0.717, 1.165) is 11.4 Å². The fourth-order valence-corrected chi connectivity index (χ4v) is 1.38. The van der Waals surface area contributed by atoms with Gasteiger partial charge in [-0.25, -0.2) is 9.97 Å². The van der Waals surface area contributed by atoms with Gasteiger partial charge >= 0.3 is 0 Å². The Hall–Kier alpha value is -1.49. The van der Waals surface area contributed by atoms with E-state index in [0.29, 0.717) is 5.11 Å². The first-order valence-electron chi connectivity index (χ1n) is 4.23. The minimum absolute atomic E-state index is 0.659. The molecule has 72 valence electrons. The van der Waals surface area contributed by atoms with Crippen molar-refractivity contribution >= 4 is 17.3 Å². The van der Waals surface area contributed by atoms with Crippen molar-refractivity contribution in [2.24, 2.45) is 0 Å². The SMILES string of the molecule is Cc1cn(C(=S)n2cnc(C)c2)cn1. The summed E-state index contributed by atoms with van der Waals surface area (Å²) in [5, 5.41) is 0.659. The highest BCUT2D eigenvalue weighted by atomic mass is 32.1. The molecule has 0 radical (unpaired) electrons. The Balaban J connectivity index is 2.33. The summed E-state index contributed by atoms with van der Waals surface area (Å²) < 4.78 is 3.59. The van der Waals surface area contributed by atoms with Crippen LogP contribution in [0.15, 0.2) is 25.0 Å². The summed E-state index contributed by atoms with van der Waals surface area (Å²) in [7, 11) is 0. The van der Waals surface area contributed by atoms with Gasteiger partial charge in [0, 0.05) is 12.4 Å². The lowest BCUT2D eigenvalue weighted by Gasteiger charge is -2.03. The Morgan fingerprint density at radius 1 is 1.07 bits per heavy atom. The van der Waals surface area contributed by atoms with Crippen molar-refractivity contribution in [3.8, 4) is 0 Å². The fourth-order valence-electron chi connectivity index (χ4n) is 1.18. The topological polar surface area (TPSA) is 35.6 Å². The summed E-state index contributed by atoms with van der Waals surface area (Å²) >= 11 is 5.26. The van der Waals surface area contributed by atoms with Crippen LogP contribution in [0.2, 0.25) is 0 Å². The maximum Gasteiger partial charge on any atom is 0.190 e. The minimum Gasteiger partial charge on any atom is -0.282 e. The van der Waals surface area contributed by atoms with Crippen molar-refractivity contribution in [3.05, 3.63) is 36.4 Å². The van der Waals surface area contributed by atoms with Gasteiger partial charge in [0.1, 0.15) is 12.7 Å². The maximum atomic E-state index is 5.26. The molecule has 0 saturated heterocycles. The van der Waals surface area contributed by atoms with Gasteiger partial charge < -0.3 is 0 Å². The van der Waals surface area contributed by atoms with Gasteiger partial charge in [0.25, 0.3) is 0 Å². The molecule has 14 heavy (non-hydrogen) atoms. The van der Waals surface area contributed by atoms with E-state index in [4.69, 9.17) is 12.2 Å². The molecule has 0 atom stereocenters. The molecule has 0 unspecified atom stereocenters. The summed E-state index contributed by atoms with van der Waals surface area (Å²) in [6, 6.07) is 0. The lowest BCUT2D eigenvalue weighted by molar-refractivity contribution is 1.02. The van der Waals surface area contributed by atoms with E-state index in [1.807, 2.05) is 26.2 Å². The third kappa shape index (κ3) is 1.58. The summed E-state index contributed by atoms with van der Waals surface area (Å²) in [5.74, 6) is 0. The molecule has 2 heterocycles. The molecule has 0 aliphatic heterocycles. The fraction of sp³-hybridized carbons (Fsp3) is 0.222. The highest BCUT2D eigenvalue weighted by molar-refractivity contribution is 7.80. The average molecular weight is 206 g/mol. The van der Waals surface area contributed by atoms with E-state index < -0.39 is 0 Å². The second kappa shape index (κ2) is 3.34. The smallest absolute Gasteiger partial charge is 0.190 e. The molecule has 0 aliphatic carbocycles. The predicted molar refractivity (Wildman–Crippen MR) is 57.3 cm³/mol. The molecule has 0 N–H and O–H groups in total. The van der Waals surface area contributed by atoms with Crippen molar-refractivity contribution in [1.82, 2.24) is 19.1 Å². The molecule has 0 spiro atoms. The highest BCUT2D eigenvalue weighted by Gasteiger charge is 2.03. The van der Waals surface area contributed by atoms with Gasteiger partial charge in [-0.2, -0.15) is 0 Å². The normalized spacial score (nSPS) is 10.4. The van der Waals surface area contributed by atoms with Crippen LogP contribution in [0.3, 0.4) is 0 Å². The van der Waals surface area contributed by atoms with Gasteiger partial charge in [-0.05, 0) is 26.1 Å². The summed E-state index contributed by atoms with van der Waals surface area (Å²) in [5.41, 5.74) is 1.90. The van der Waals surface area contributed by atoms with E-state index in [1.54, 1.807) is 21.8 Å². The van der Waals surface area contributed by atoms with Crippen LogP contribution in [-0.2, 0) is 0 Å². The van der Waals surface area contributed by atoms with Crippen LogP contribution in [0.25, 0.3) is 0 Å². The third-order valence-corrected chi connectivity index (χ3v) is 2.29. The molecule has 2 aromatic rings. The summed E-state index contributed by atoms with van der Waals surface area (Å²) in [6.07, 6.45) is 7.18. The zero-order valence-electron chi connectivity index (χ0n) is 8.01. The van der Waals surface area contributed by atoms with Crippen LogP contribution >= 0.6 is 12.2 Å². The number of hydrogen-bond donors (Lipinski definition) is 0. The van der Waals surface area contributed by atoms with Gasteiger partial charge in [0.05, 0.1) is 11.4 Å². The predicted octanol–water partition coefficient (Wildman–Crippen LogP) is 1.38. The number of hydrogen-bond acceptors (Lipinski definition) is 3. The van der Waals surface area contributed by atoms with Gasteiger partial charge in [-0.1, -0.05) is 0 Å². The monoisotopic (exact) mass is 206 g/mol. The Kier molecular flexibility index (Phi) is 2.17. The molecule has 0 aliphatic rings. The van der Waals surface area contributed by atoms with Crippen LogP contribution in [0.5, 0.6) is 0 Å². The standard InChI is InChI=1S/C9H10N4S/c1-7-3-12(5-10-7)9(14)13-4-8(2)11-6-13/h3-6H,1-2H3. The van der Waals surface area contributed by atoms with Gasteiger partial charge in [0.2, 0.25) is 0 Å². The zero-order chi connectivity index (χ0) is 10.1. The Morgan fingerprint density at radius 3 is 1.79 bits per heavy atom. The third-order valence-electron chi connectivity index (χ3n) is 1.87. The first-order chi connectivity index (χ1) is 6.66. The Morgan fingerprint density at radius 2 is 1.50 bits per heavy atom. The largest absolute Gasteiger partial charge is 0.282 e.